The van der Waals surface area contributed by atoms with Crippen molar-refractivity contribution in [3.8, 4) is 17.2 Å². The Hall–Kier alpha value is -2.31. The lowest BCUT2D eigenvalue weighted by molar-refractivity contribution is 0.0791. The first-order chi connectivity index (χ1) is 16.8. The number of nitrogens with zero attached hydrogens (tertiary/aromatic N) is 1. The quantitative estimate of drug-likeness (QED) is 0.166. The van der Waals surface area contributed by atoms with Crippen LogP contribution in [0, 0.1) is 0 Å². The zero-order chi connectivity index (χ0) is 25.6. The number of unbranched alkanes of at least 4 members (excludes halogenated alkanes) is 1. The number of hydrogen-bond donors (Lipinski definition) is 0. The third-order valence-electron chi connectivity index (χ3n) is 4.60. The lowest BCUT2D eigenvalue weighted by Gasteiger charge is -2.19. The molecule has 0 radical (unpaired) electrons. The van der Waals surface area contributed by atoms with Crippen LogP contribution in [0.25, 0.3) is 0 Å². The van der Waals surface area contributed by atoms with E-state index in [4.69, 9.17) is 60.6 Å². The van der Waals surface area contributed by atoms with E-state index in [-0.39, 0.29) is 17.0 Å². The van der Waals surface area contributed by atoms with Gasteiger partial charge in [0.15, 0.2) is 5.75 Å². The van der Waals surface area contributed by atoms with Crippen LogP contribution in [0.1, 0.15) is 23.2 Å². The fourth-order valence-electron chi connectivity index (χ4n) is 2.96. The number of halogens is 4. The molecule has 0 saturated heterocycles. The Bertz CT molecular complexity index is 988. The molecule has 0 aliphatic carbocycles. The monoisotopic (exact) mass is 557 g/mol. The Morgan fingerprint density at radius 1 is 0.857 bits per heavy atom. The first kappa shape index (κ1) is 28.9. The molecule has 2 aromatic carbocycles. The van der Waals surface area contributed by atoms with Crippen molar-refractivity contribution in [3.63, 3.8) is 0 Å². The van der Waals surface area contributed by atoms with Gasteiger partial charge in [0.2, 0.25) is 0 Å². The van der Waals surface area contributed by atoms with Crippen LogP contribution in [0.4, 0.5) is 0 Å². The summed E-state index contributed by atoms with van der Waals surface area (Å²) >= 11 is 23.6. The Labute approximate surface area is 226 Å². The average Bonchev–Trinajstić information content (AvgIpc) is 2.82. The predicted octanol–water partition coefficient (Wildman–Crippen LogP) is 7.74. The normalized spacial score (nSPS) is 10.3. The van der Waals surface area contributed by atoms with Gasteiger partial charge in [-0.15, -0.1) is 13.2 Å². The van der Waals surface area contributed by atoms with Crippen molar-refractivity contribution < 1.29 is 19.0 Å². The molecule has 1 amide bonds. The summed E-state index contributed by atoms with van der Waals surface area (Å²) < 4.78 is 17.1. The minimum absolute atomic E-state index is 0.0816. The predicted molar refractivity (Wildman–Crippen MR) is 145 cm³/mol. The van der Waals surface area contributed by atoms with Gasteiger partial charge in [-0.3, -0.25) is 4.79 Å². The van der Waals surface area contributed by atoms with Gasteiger partial charge >= 0.3 is 0 Å². The molecule has 0 aliphatic heterocycles. The highest BCUT2D eigenvalue weighted by Gasteiger charge is 2.13. The highest BCUT2D eigenvalue weighted by Crippen LogP contribution is 2.37. The highest BCUT2D eigenvalue weighted by atomic mass is 35.5. The van der Waals surface area contributed by atoms with E-state index < -0.39 is 0 Å². The molecule has 2 rings (SSSR count). The van der Waals surface area contributed by atoms with E-state index in [0.717, 1.165) is 12.8 Å². The summed E-state index contributed by atoms with van der Waals surface area (Å²) in [6.45, 7) is 9.41. The summed E-state index contributed by atoms with van der Waals surface area (Å²) in [5, 5.41) is 0.693. The molecule has 0 spiro atoms. The number of ether oxygens (including phenoxy) is 3. The standard InChI is InChI=1S/C26H27Cl4NO4/c1-3-12-31(13-4-2)26(32)19-7-9-20(10-8-19)33-14-5-6-15-35-25-22(27)17-21(18-23(25)28)34-16-11-24(29)30/h3-4,7-11,17-18H,1-2,5-6,12-16H2. The Balaban J connectivity index is 1.75. The van der Waals surface area contributed by atoms with Crippen molar-refractivity contribution in [1.82, 2.24) is 4.90 Å². The van der Waals surface area contributed by atoms with Crippen LogP contribution in [0.15, 0.2) is 72.3 Å². The molecule has 188 valence electrons. The first-order valence-corrected chi connectivity index (χ1v) is 12.4. The molecular weight excluding hydrogens is 532 g/mol. The summed E-state index contributed by atoms with van der Waals surface area (Å²) in [5.41, 5.74) is 0.582. The van der Waals surface area contributed by atoms with Crippen molar-refractivity contribution in [1.29, 1.82) is 0 Å². The molecular formula is C26H27Cl4NO4. The second kappa shape index (κ2) is 15.6. The molecule has 5 nitrogen and oxygen atoms in total. The van der Waals surface area contributed by atoms with Gasteiger partial charge in [-0.1, -0.05) is 58.6 Å². The molecule has 2 aromatic rings. The first-order valence-electron chi connectivity index (χ1n) is 10.9. The Kier molecular flexibility index (Phi) is 12.9. The fraction of sp³-hybridized carbons (Fsp3) is 0.269. The van der Waals surface area contributed by atoms with Gasteiger partial charge in [0.05, 0.1) is 23.3 Å². The fourth-order valence-corrected chi connectivity index (χ4v) is 3.66. The molecule has 0 aromatic heterocycles. The van der Waals surface area contributed by atoms with Crippen LogP contribution in [-0.2, 0) is 0 Å². The maximum absolute atomic E-state index is 12.6. The van der Waals surface area contributed by atoms with Crippen molar-refractivity contribution in [2.45, 2.75) is 12.8 Å². The molecule has 0 atom stereocenters. The van der Waals surface area contributed by atoms with Gasteiger partial charge in [0.1, 0.15) is 22.6 Å². The minimum Gasteiger partial charge on any atom is -0.494 e. The number of amides is 1. The van der Waals surface area contributed by atoms with Gasteiger partial charge < -0.3 is 19.1 Å². The van der Waals surface area contributed by atoms with Gasteiger partial charge in [-0.05, 0) is 43.2 Å². The van der Waals surface area contributed by atoms with Crippen molar-refractivity contribution in [2.75, 3.05) is 32.9 Å². The van der Waals surface area contributed by atoms with Gasteiger partial charge in [0, 0.05) is 30.8 Å². The molecule has 0 aliphatic rings. The highest BCUT2D eigenvalue weighted by molar-refractivity contribution is 6.55. The number of carbonyl (C=O) groups is 1. The summed E-state index contributed by atoms with van der Waals surface area (Å²) in [6, 6.07) is 10.3. The number of hydrogen-bond acceptors (Lipinski definition) is 4. The second-order valence-electron chi connectivity index (χ2n) is 7.24. The number of benzene rings is 2. The molecule has 0 N–H and O–H groups in total. The lowest BCUT2D eigenvalue weighted by atomic mass is 10.2. The van der Waals surface area contributed by atoms with E-state index in [1.54, 1.807) is 53.5 Å². The average molecular weight is 559 g/mol. The second-order valence-corrected chi connectivity index (χ2v) is 9.06. The molecule has 0 bridgehead atoms. The van der Waals surface area contributed by atoms with E-state index in [9.17, 15) is 4.79 Å². The van der Waals surface area contributed by atoms with E-state index in [1.807, 2.05) is 0 Å². The van der Waals surface area contributed by atoms with E-state index in [0.29, 0.717) is 59.2 Å². The topological polar surface area (TPSA) is 48.0 Å². The summed E-state index contributed by atoms with van der Waals surface area (Å²) in [7, 11) is 0. The maximum Gasteiger partial charge on any atom is 0.254 e. The molecule has 0 unspecified atom stereocenters. The van der Waals surface area contributed by atoms with Crippen molar-refractivity contribution in [3.05, 3.63) is 87.9 Å². The van der Waals surface area contributed by atoms with Gasteiger partial charge in [-0.2, -0.15) is 0 Å². The zero-order valence-electron chi connectivity index (χ0n) is 19.2. The summed E-state index contributed by atoms with van der Waals surface area (Å²) in [5.74, 6) is 1.48. The summed E-state index contributed by atoms with van der Waals surface area (Å²) in [4.78, 5) is 14.2. The van der Waals surface area contributed by atoms with Crippen LogP contribution < -0.4 is 14.2 Å². The Morgan fingerprint density at radius 2 is 1.43 bits per heavy atom. The lowest BCUT2D eigenvalue weighted by Crippen LogP contribution is -2.31. The van der Waals surface area contributed by atoms with Crippen molar-refractivity contribution in [2.24, 2.45) is 0 Å². The summed E-state index contributed by atoms with van der Waals surface area (Å²) in [6.07, 6.45) is 6.38. The van der Waals surface area contributed by atoms with E-state index in [1.165, 1.54) is 6.08 Å². The zero-order valence-corrected chi connectivity index (χ0v) is 22.2. The maximum atomic E-state index is 12.6. The third kappa shape index (κ3) is 10.1. The van der Waals surface area contributed by atoms with Crippen LogP contribution in [-0.4, -0.2) is 43.7 Å². The van der Waals surface area contributed by atoms with Crippen LogP contribution in [0.5, 0.6) is 17.2 Å². The Morgan fingerprint density at radius 3 is 1.97 bits per heavy atom. The molecule has 35 heavy (non-hydrogen) atoms. The van der Waals surface area contributed by atoms with Crippen LogP contribution >= 0.6 is 46.4 Å². The third-order valence-corrected chi connectivity index (χ3v) is 5.47. The van der Waals surface area contributed by atoms with Gasteiger partial charge in [0.25, 0.3) is 5.91 Å². The molecule has 0 saturated carbocycles. The molecule has 0 fully saturated rings. The van der Waals surface area contributed by atoms with Gasteiger partial charge in [-0.25, -0.2) is 0 Å². The molecule has 9 heteroatoms. The van der Waals surface area contributed by atoms with Crippen LogP contribution in [0.2, 0.25) is 10.0 Å². The SMILES string of the molecule is C=CCN(CC=C)C(=O)c1ccc(OCCCCOc2c(Cl)cc(OCC=C(Cl)Cl)cc2Cl)cc1. The largest absolute Gasteiger partial charge is 0.494 e. The minimum atomic E-state index is -0.0816. The molecule has 0 heterocycles. The number of carbonyl (C=O) groups excluding carboxylic acids is 1. The van der Waals surface area contributed by atoms with E-state index in [2.05, 4.69) is 13.2 Å². The van der Waals surface area contributed by atoms with Crippen LogP contribution in [0.3, 0.4) is 0 Å². The van der Waals surface area contributed by atoms with E-state index >= 15 is 0 Å². The smallest absolute Gasteiger partial charge is 0.254 e. The van der Waals surface area contributed by atoms with Crippen molar-refractivity contribution >= 4 is 52.3 Å². The number of rotatable bonds is 15.